The van der Waals surface area contributed by atoms with E-state index in [9.17, 15) is 9.59 Å². The molecule has 2 heterocycles. The number of hydrazone groups is 1. The Balaban J connectivity index is 1.52. The molecule has 0 unspecified atom stereocenters. The molecule has 0 radical (unpaired) electrons. The summed E-state index contributed by atoms with van der Waals surface area (Å²) in [6, 6.07) is 14.0. The van der Waals surface area contributed by atoms with Gasteiger partial charge in [-0.1, -0.05) is 23.8 Å². The molecule has 1 saturated heterocycles. The van der Waals surface area contributed by atoms with Crippen LogP contribution in [-0.2, 0) is 9.53 Å². The van der Waals surface area contributed by atoms with Gasteiger partial charge >= 0.3 is 6.09 Å². The Morgan fingerprint density at radius 2 is 1.74 bits per heavy atom. The summed E-state index contributed by atoms with van der Waals surface area (Å²) in [6.45, 7) is 8.94. The van der Waals surface area contributed by atoms with Crippen LogP contribution in [0.2, 0.25) is 0 Å². The summed E-state index contributed by atoms with van der Waals surface area (Å²) in [5, 5.41) is 6.48. The highest BCUT2D eigenvalue weighted by molar-refractivity contribution is 6.03. The first-order chi connectivity index (χ1) is 16.9. The van der Waals surface area contributed by atoms with Gasteiger partial charge in [-0.05, 0) is 61.7 Å². The number of amides is 2. The van der Waals surface area contributed by atoms with Gasteiger partial charge in [-0.25, -0.2) is 9.80 Å². The van der Waals surface area contributed by atoms with E-state index in [4.69, 9.17) is 14.6 Å². The Morgan fingerprint density at radius 1 is 1.03 bits per heavy atom. The number of hydrogen-bond donors (Lipinski definition) is 0. The first kappa shape index (κ1) is 24.7. The van der Waals surface area contributed by atoms with Crippen LogP contribution in [0.4, 0.5) is 4.79 Å². The molecule has 186 valence electrons. The molecule has 2 aliphatic heterocycles. The topological polar surface area (TPSA) is 74.7 Å². The number of hydrogen-bond acceptors (Lipinski definition) is 6. The van der Waals surface area contributed by atoms with Crippen molar-refractivity contribution < 1.29 is 19.1 Å². The summed E-state index contributed by atoms with van der Waals surface area (Å²) in [5.41, 5.74) is 5.33. The Bertz CT molecular complexity index is 1090. The summed E-state index contributed by atoms with van der Waals surface area (Å²) in [6.07, 6.45) is 0.361. The molecule has 0 spiro atoms. The standard InChI is InChI=1S/C27H34N4O4/c1-5-35-27(33)30-14-12-29(13-15-30)18-26(32)31-25(23-11-6-19(2)16-20(23)3)17-24(28-31)21-7-9-22(34-4)10-8-21/h6-11,16,25H,5,12-15,17-18H2,1-4H3/t25-/m0/s1. The quantitative estimate of drug-likeness (QED) is 0.632. The van der Waals surface area contributed by atoms with Crippen molar-refractivity contribution >= 4 is 17.7 Å². The van der Waals surface area contributed by atoms with Crippen molar-refractivity contribution in [2.24, 2.45) is 5.10 Å². The Morgan fingerprint density at radius 3 is 2.37 bits per heavy atom. The monoisotopic (exact) mass is 478 g/mol. The molecule has 2 aromatic carbocycles. The summed E-state index contributed by atoms with van der Waals surface area (Å²) < 4.78 is 10.4. The van der Waals surface area contributed by atoms with E-state index in [2.05, 4.69) is 36.9 Å². The number of aryl methyl sites for hydroxylation is 2. The fraction of sp³-hybridized carbons (Fsp3) is 0.444. The average molecular weight is 479 g/mol. The zero-order valence-corrected chi connectivity index (χ0v) is 21.0. The minimum Gasteiger partial charge on any atom is -0.497 e. The SMILES string of the molecule is CCOC(=O)N1CCN(CC(=O)N2N=C(c3ccc(OC)cc3)C[C@H]2c2ccc(C)cc2C)CC1. The Kier molecular flexibility index (Phi) is 7.70. The number of benzene rings is 2. The van der Waals surface area contributed by atoms with Crippen molar-refractivity contribution in [3.63, 3.8) is 0 Å². The van der Waals surface area contributed by atoms with Crippen molar-refractivity contribution in [1.82, 2.24) is 14.8 Å². The molecular weight excluding hydrogens is 444 g/mol. The highest BCUT2D eigenvalue weighted by Gasteiger charge is 2.35. The minimum absolute atomic E-state index is 0.0388. The molecule has 0 saturated carbocycles. The molecule has 0 N–H and O–H groups in total. The van der Waals surface area contributed by atoms with Gasteiger partial charge in [0.1, 0.15) is 5.75 Å². The van der Waals surface area contributed by atoms with Crippen LogP contribution in [0.1, 0.15) is 41.6 Å². The molecule has 35 heavy (non-hydrogen) atoms. The first-order valence-corrected chi connectivity index (χ1v) is 12.1. The predicted octanol–water partition coefficient (Wildman–Crippen LogP) is 3.76. The first-order valence-electron chi connectivity index (χ1n) is 12.1. The van der Waals surface area contributed by atoms with Crippen LogP contribution in [0.5, 0.6) is 5.75 Å². The predicted molar refractivity (Wildman–Crippen MR) is 135 cm³/mol. The lowest BCUT2D eigenvalue weighted by atomic mass is 9.94. The van der Waals surface area contributed by atoms with Crippen molar-refractivity contribution in [1.29, 1.82) is 0 Å². The molecule has 1 atom stereocenters. The lowest BCUT2D eigenvalue weighted by Gasteiger charge is -2.34. The fourth-order valence-corrected chi connectivity index (χ4v) is 4.71. The number of ether oxygens (including phenoxy) is 2. The van der Waals surface area contributed by atoms with E-state index in [1.807, 2.05) is 24.3 Å². The van der Waals surface area contributed by atoms with Crippen LogP contribution in [-0.4, -0.2) is 79.0 Å². The number of carbonyl (C=O) groups is 2. The van der Waals surface area contributed by atoms with E-state index in [-0.39, 0.29) is 24.6 Å². The molecule has 8 nitrogen and oxygen atoms in total. The van der Waals surface area contributed by atoms with Crippen molar-refractivity contribution in [2.45, 2.75) is 33.2 Å². The normalized spacial score (nSPS) is 18.4. The van der Waals surface area contributed by atoms with Gasteiger partial charge in [0, 0.05) is 32.6 Å². The zero-order chi connectivity index (χ0) is 24.9. The minimum atomic E-state index is -0.290. The van der Waals surface area contributed by atoms with Crippen LogP contribution in [0.3, 0.4) is 0 Å². The van der Waals surface area contributed by atoms with E-state index in [1.165, 1.54) is 5.56 Å². The van der Waals surface area contributed by atoms with Gasteiger partial charge in [0.15, 0.2) is 0 Å². The second-order valence-corrected chi connectivity index (χ2v) is 9.06. The van der Waals surface area contributed by atoms with E-state index < -0.39 is 0 Å². The maximum Gasteiger partial charge on any atom is 0.409 e. The van der Waals surface area contributed by atoms with Crippen LogP contribution >= 0.6 is 0 Å². The maximum atomic E-state index is 13.5. The number of rotatable bonds is 6. The van der Waals surface area contributed by atoms with E-state index in [1.54, 1.807) is 23.9 Å². The van der Waals surface area contributed by atoms with Crippen LogP contribution in [0, 0.1) is 13.8 Å². The molecule has 4 rings (SSSR count). The lowest BCUT2D eigenvalue weighted by molar-refractivity contribution is -0.134. The molecule has 1 fully saturated rings. The molecule has 2 aliphatic rings. The smallest absolute Gasteiger partial charge is 0.409 e. The van der Waals surface area contributed by atoms with Gasteiger partial charge in [0.05, 0.1) is 32.0 Å². The van der Waals surface area contributed by atoms with Crippen LogP contribution in [0.15, 0.2) is 47.6 Å². The van der Waals surface area contributed by atoms with E-state index in [0.29, 0.717) is 39.2 Å². The van der Waals surface area contributed by atoms with E-state index in [0.717, 1.165) is 28.2 Å². The van der Waals surface area contributed by atoms with E-state index >= 15 is 0 Å². The third-order valence-electron chi connectivity index (χ3n) is 6.63. The van der Waals surface area contributed by atoms with Gasteiger partial charge in [0.2, 0.25) is 0 Å². The molecule has 8 heteroatoms. The Hall–Kier alpha value is -3.39. The average Bonchev–Trinajstić information content (AvgIpc) is 3.30. The molecule has 0 bridgehead atoms. The summed E-state index contributed by atoms with van der Waals surface area (Å²) in [4.78, 5) is 29.3. The molecule has 2 amide bonds. The Labute approximate surface area is 207 Å². The molecule has 0 aliphatic carbocycles. The molecular formula is C27H34N4O4. The second-order valence-electron chi connectivity index (χ2n) is 9.06. The van der Waals surface area contributed by atoms with Crippen molar-refractivity contribution in [2.75, 3.05) is 46.4 Å². The van der Waals surface area contributed by atoms with Crippen LogP contribution < -0.4 is 4.74 Å². The highest BCUT2D eigenvalue weighted by Crippen LogP contribution is 2.35. The highest BCUT2D eigenvalue weighted by atomic mass is 16.6. The number of carbonyl (C=O) groups excluding carboxylic acids is 2. The summed E-state index contributed by atoms with van der Waals surface area (Å²) >= 11 is 0. The van der Waals surface area contributed by atoms with Gasteiger partial charge < -0.3 is 14.4 Å². The van der Waals surface area contributed by atoms with Crippen molar-refractivity contribution in [3.8, 4) is 5.75 Å². The lowest BCUT2D eigenvalue weighted by Crippen LogP contribution is -2.51. The van der Waals surface area contributed by atoms with Gasteiger partial charge in [0.25, 0.3) is 5.91 Å². The third kappa shape index (κ3) is 5.65. The third-order valence-corrected chi connectivity index (χ3v) is 6.63. The number of piperazine rings is 1. The largest absolute Gasteiger partial charge is 0.497 e. The number of methoxy groups -OCH3 is 1. The zero-order valence-electron chi connectivity index (χ0n) is 21.0. The molecule has 0 aromatic heterocycles. The second kappa shape index (κ2) is 10.9. The summed E-state index contributed by atoms with van der Waals surface area (Å²) in [7, 11) is 1.64. The van der Waals surface area contributed by atoms with Crippen LogP contribution in [0.25, 0.3) is 0 Å². The maximum absolute atomic E-state index is 13.5. The van der Waals surface area contributed by atoms with Gasteiger partial charge in [-0.3, -0.25) is 9.69 Å². The van der Waals surface area contributed by atoms with Crippen molar-refractivity contribution in [3.05, 3.63) is 64.7 Å². The number of nitrogens with zero attached hydrogens (tertiary/aromatic N) is 4. The van der Waals surface area contributed by atoms with Gasteiger partial charge in [-0.2, -0.15) is 5.10 Å². The van der Waals surface area contributed by atoms with Gasteiger partial charge in [-0.15, -0.1) is 0 Å². The summed E-state index contributed by atoms with van der Waals surface area (Å²) in [5.74, 6) is 0.747. The fourth-order valence-electron chi connectivity index (χ4n) is 4.71. The molecule has 2 aromatic rings.